The van der Waals surface area contributed by atoms with Crippen LogP contribution in [0.1, 0.15) is 103 Å². The molecule has 0 radical (unpaired) electrons. The molecule has 1 aromatic carbocycles. The van der Waals surface area contributed by atoms with E-state index in [-0.39, 0.29) is 16.6 Å². The average Bonchev–Trinajstić information content (AvgIpc) is 2.75. The highest BCUT2D eigenvalue weighted by Gasteiger charge is 2.58. The molecule has 0 spiro atoms. The van der Waals surface area contributed by atoms with E-state index >= 15 is 0 Å². The maximum Gasteiger partial charge on any atom is 0.192 e. The smallest absolute Gasteiger partial charge is 0.192 e. The molecule has 1 saturated carbocycles. The van der Waals surface area contributed by atoms with Gasteiger partial charge >= 0.3 is 0 Å². The number of fused-ring (bicyclic) bond motifs is 3. The fraction of sp³-hybridized carbons (Fsp3) is 0.760. The highest BCUT2D eigenvalue weighted by molar-refractivity contribution is 6.74. The Morgan fingerprint density at radius 1 is 1.07 bits per heavy atom. The van der Waals surface area contributed by atoms with Gasteiger partial charge in [-0.3, -0.25) is 0 Å². The van der Waals surface area contributed by atoms with Gasteiger partial charge in [0.05, 0.1) is 6.10 Å². The molecule has 1 fully saturated rings. The van der Waals surface area contributed by atoms with Gasteiger partial charge in [0.2, 0.25) is 0 Å². The van der Waals surface area contributed by atoms with Crippen LogP contribution < -0.4 is 0 Å². The fourth-order valence-electron chi connectivity index (χ4n) is 5.63. The summed E-state index contributed by atoms with van der Waals surface area (Å²) in [5, 5.41) is 0.237. The van der Waals surface area contributed by atoms with Gasteiger partial charge in [-0.1, -0.05) is 80.0 Å². The summed E-state index contributed by atoms with van der Waals surface area (Å²) in [5.74, 6) is 1.14. The van der Waals surface area contributed by atoms with Crippen LogP contribution >= 0.6 is 0 Å². The SMILES string of the molecule is CC(C)c1ccc2c(c1)[C@@H](O[Si](C)(C)C(C)(C)C)[C@@H]1C(C)(C)CCC[C@]21C. The van der Waals surface area contributed by atoms with Gasteiger partial charge in [0.25, 0.3) is 0 Å². The third-order valence-corrected chi connectivity index (χ3v) is 12.7. The van der Waals surface area contributed by atoms with Gasteiger partial charge in [-0.2, -0.15) is 0 Å². The Hall–Kier alpha value is -0.603. The molecule has 0 heterocycles. The highest BCUT2D eigenvalue weighted by Crippen LogP contribution is 2.64. The minimum Gasteiger partial charge on any atom is -0.410 e. The lowest BCUT2D eigenvalue weighted by molar-refractivity contribution is -0.0209. The van der Waals surface area contributed by atoms with E-state index in [0.29, 0.717) is 17.3 Å². The quantitative estimate of drug-likeness (QED) is 0.478. The van der Waals surface area contributed by atoms with E-state index in [9.17, 15) is 0 Å². The predicted octanol–water partition coefficient (Wildman–Crippen LogP) is 7.97. The Morgan fingerprint density at radius 2 is 1.70 bits per heavy atom. The van der Waals surface area contributed by atoms with Gasteiger partial charge in [0.1, 0.15) is 0 Å². The van der Waals surface area contributed by atoms with E-state index in [1.165, 1.54) is 30.4 Å². The molecular weight excluding hydrogens is 344 g/mol. The van der Waals surface area contributed by atoms with Gasteiger partial charge in [0.15, 0.2) is 8.32 Å². The summed E-state index contributed by atoms with van der Waals surface area (Å²) < 4.78 is 7.23. The van der Waals surface area contributed by atoms with Gasteiger partial charge in [-0.25, -0.2) is 0 Å². The summed E-state index contributed by atoms with van der Waals surface area (Å²) in [5.41, 5.74) is 5.11. The van der Waals surface area contributed by atoms with E-state index in [1.807, 2.05) is 0 Å². The zero-order valence-corrected chi connectivity index (χ0v) is 20.5. The van der Waals surface area contributed by atoms with Crippen LogP contribution in [-0.4, -0.2) is 8.32 Å². The van der Waals surface area contributed by atoms with E-state index in [4.69, 9.17) is 4.43 Å². The zero-order valence-electron chi connectivity index (χ0n) is 19.5. The monoisotopic (exact) mass is 386 g/mol. The minimum absolute atomic E-state index is 0.237. The summed E-state index contributed by atoms with van der Waals surface area (Å²) in [6.07, 6.45) is 4.19. The Labute approximate surface area is 169 Å². The van der Waals surface area contributed by atoms with Crippen molar-refractivity contribution >= 4 is 8.32 Å². The molecule has 2 aliphatic rings. The van der Waals surface area contributed by atoms with E-state index in [0.717, 1.165) is 0 Å². The molecular formula is C25H42OSi. The molecule has 0 unspecified atom stereocenters. The Kier molecular flexibility index (Phi) is 5.05. The Morgan fingerprint density at radius 3 is 2.26 bits per heavy atom. The summed E-state index contributed by atoms with van der Waals surface area (Å²) in [7, 11) is -1.85. The van der Waals surface area contributed by atoms with Crippen LogP contribution in [0.15, 0.2) is 18.2 Å². The van der Waals surface area contributed by atoms with Crippen LogP contribution in [0, 0.1) is 11.3 Å². The first kappa shape index (κ1) is 21.1. The standard InChI is InChI=1S/C25H42OSi/c1-17(2)18-12-13-20-19(16-18)21(26-27(9,10)23(3,4)5)22-24(6,7)14-11-15-25(20,22)8/h12-13,16-17,21-22H,11,14-15H2,1-10H3/t21-,22-,25-/m1/s1. The van der Waals surface area contributed by atoms with Crippen molar-refractivity contribution in [1.82, 2.24) is 0 Å². The molecule has 3 atom stereocenters. The molecule has 0 amide bonds. The molecule has 0 N–H and O–H groups in total. The number of hydrogen-bond donors (Lipinski definition) is 0. The van der Waals surface area contributed by atoms with Crippen molar-refractivity contribution in [3.63, 3.8) is 0 Å². The van der Waals surface area contributed by atoms with E-state index < -0.39 is 8.32 Å². The largest absolute Gasteiger partial charge is 0.410 e. The van der Waals surface area contributed by atoms with Crippen molar-refractivity contribution in [2.45, 2.75) is 110 Å². The first-order valence-electron chi connectivity index (χ1n) is 11.0. The van der Waals surface area contributed by atoms with Crippen molar-refractivity contribution in [1.29, 1.82) is 0 Å². The van der Waals surface area contributed by atoms with Gasteiger partial charge in [0, 0.05) is 5.92 Å². The second kappa shape index (κ2) is 6.45. The summed E-state index contributed by atoms with van der Waals surface area (Å²) >= 11 is 0. The fourth-order valence-corrected chi connectivity index (χ4v) is 6.88. The van der Waals surface area contributed by atoms with Crippen molar-refractivity contribution in [2.24, 2.45) is 11.3 Å². The van der Waals surface area contributed by atoms with Crippen LogP contribution in [0.2, 0.25) is 18.1 Å². The van der Waals surface area contributed by atoms with Crippen LogP contribution in [0.5, 0.6) is 0 Å². The van der Waals surface area contributed by atoms with Gasteiger partial charge < -0.3 is 4.43 Å². The third-order valence-electron chi connectivity index (χ3n) is 8.24. The third kappa shape index (κ3) is 3.35. The summed E-state index contributed by atoms with van der Waals surface area (Å²) in [4.78, 5) is 0. The van der Waals surface area contributed by atoms with Crippen molar-refractivity contribution in [3.8, 4) is 0 Å². The molecule has 1 nitrogen and oxygen atoms in total. The molecule has 0 saturated heterocycles. The molecule has 3 rings (SSSR count). The lowest BCUT2D eigenvalue weighted by Crippen LogP contribution is -2.48. The summed E-state index contributed by atoms with van der Waals surface area (Å²) in [6, 6.07) is 7.33. The van der Waals surface area contributed by atoms with Crippen molar-refractivity contribution in [3.05, 3.63) is 34.9 Å². The molecule has 0 bridgehead atoms. The van der Waals surface area contributed by atoms with E-state index in [1.54, 1.807) is 5.56 Å². The second-order valence-corrected chi connectivity index (χ2v) is 16.8. The lowest BCUT2D eigenvalue weighted by Gasteiger charge is -2.51. The molecule has 0 aliphatic heterocycles. The van der Waals surface area contributed by atoms with Gasteiger partial charge in [-0.15, -0.1) is 0 Å². The normalized spacial score (nSPS) is 30.3. The molecule has 2 heteroatoms. The maximum absolute atomic E-state index is 7.23. The average molecular weight is 387 g/mol. The molecule has 1 aromatic rings. The van der Waals surface area contributed by atoms with Crippen LogP contribution in [0.4, 0.5) is 0 Å². The minimum atomic E-state index is -1.85. The zero-order chi connectivity index (χ0) is 20.4. The van der Waals surface area contributed by atoms with Crippen molar-refractivity contribution < 1.29 is 4.43 Å². The van der Waals surface area contributed by atoms with Gasteiger partial charge in [-0.05, 0) is 64.4 Å². The molecule has 152 valence electrons. The first-order chi connectivity index (χ1) is 12.2. The maximum atomic E-state index is 7.23. The molecule has 0 aromatic heterocycles. The van der Waals surface area contributed by atoms with Crippen LogP contribution in [0.3, 0.4) is 0 Å². The first-order valence-corrected chi connectivity index (χ1v) is 13.9. The molecule has 2 aliphatic carbocycles. The second-order valence-electron chi connectivity index (χ2n) is 12.0. The molecule has 27 heavy (non-hydrogen) atoms. The number of hydrogen-bond acceptors (Lipinski definition) is 1. The van der Waals surface area contributed by atoms with Crippen LogP contribution in [0.25, 0.3) is 0 Å². The summed E-state index contributed by atoms with van der Waals surface area (Å²) in [6.45, 7) is 24.1. The van der Waals surface area contributed by atoms with E-state index in [2.05, 4.69) is 86.7 Å². The highest BCUT2D eigenvalue weighted by atomic mass is 28.4. The Balaban J connectivity index is 2.16. The predicted molar refractivity (Wildman–Crippen MR) is 120 cm³/mol. The lowest BCUT2D eigenvalue weighted by atomic mass is 9.56. The van der Waals surface area contributed by atoms with Crippen LogP contribution in [-0.2, 0) is 9.84 Å². The number of benzene rings is 1. The van der Waals surface area contributed by atoms with Crippen molar-refractivity contribution in [2.75, 3.05) is 0 Å². The topological polar surface area (TPSA) is 9.23 Å². The number of rotatable bonds is 3. The Bertz CT molecular complexity index is 710.